The van der Waals surface area contributed by atoms with Crippen LogP contribution in [0.1, 0.15) is 11.3 Å². The molecular weight excluding hydrogens is 312 g/mol. The van der Waals surface area contributed by atoms with Gasteiger partial charge in [-0.25, -0.2) is 0 Å². The summed E-state index contributed by atoms with van der Waals surface area (Å²) in [6, 6.07) is 12.3. The number of hydrogen-bond donors (Lipinski definition) is 3. The van der Waals surface area contributed by atoms with Gasteiger partial charge in [-0.1, -0.05) is 18.7 Å². The summed E-state index contributed by atoms with van der Waals surface area (Å²) < 4.78 is 0. The number of aromatic amines is 1. The fourth-order valence-electron chi connectivity index (χ4n) is 2.43. The molecule has 0 aliphatic rings. The normalized spacial score (nSPS) is 10.3. The minimum Gasteiger partial charge on any atom is -0.378 e. The average Bonchev–Trinajstić information content (AvgIpc) is 3.10. The van der Waals surface area contributed by atoms with Gasteiger partial charge in [0.15, 0.2) is 0 Å². The van der Waals surface area contributed by atoms with Crippen molar-refractivity contribution < 1.29 is 0 Å². The number of aromatic nitrogens is 3. The zero-order valence-electron chi connectivity index (χ0n) is 14.5. The van der Waals surface area contributed by atoms with Crippen molar-refractivity contribution in [2.45, 2.75) is 6.54 Å². The van der Waals surface area contributed by atoms with Gasteiger partial charge in [-0.3, -0.25) is 10.1 Å². The number of pyridine rings is 1. The Morgan fingerprint density at radius 2 is 1.96 bits per heavy atom. The summed E-state index contributed by atoms with van der Waals surface area (Å²) in [5, 5.41) is 13.7. The molecule has 0 aliphatic carbocycles. The van der Waals surface area contributed by atoms with Gasteiger partial charge in [-0.05, 0) is 29.8 Å². The van der Waals surface area contributed by atoms with Gasteiger partial charge >= 0.3 is 0 Å². The summed E-state index contributed by atoms with van der Waals surface area (Å²) in [5.41, 5.74) is 5.72. The molecule has 0 unspecified atom stereocenters. The van der Waals surface area contributed by atoms with Crippen LogP contribution >= 0.6 is 0 Å². The van der Waals surface area contributed by atoms with E-state index >= 15 is 0 Å². The fourth-order valence-corrected chi connectivity index (χ4v) is 2.43. The van der Waals surface area contributed by atoms with Crippen LogP contribution < -0.4 is 15.5 Å². The number of hydrogen-bond acceptors (Lipinski definition) is 5. The standard InChI is InChI=1S/C19H22N6/c1-14(23-16-5-4-10-20-12-16)19-18(13-22-24-19)21-11-15-6-8-17(9-7-15)25(2)3/h4-10,12-13,21,23H,1,11H2,2-3H3,(H,22,24). The zero-order chi connectivity index (χ0) is 17.6. The highest BCUT2D eigenvalue weighted by Gasteiger charge is 2.09. The molecule has 0 atom stereocenters. The van der Waals surface area contributed by atoms with Crippen LogP contribution in [-0.4, -0.2) is 29.3 Å². The smallest absolute Gasteiger partial charge is 0.104 e. The van der Waals surface area contributed by atoms with Crippen LogP contribution in [0.15, 0.2) is 61.6 Å². The lowest BCUT2D eigenvalue weighted by atomic mass is 10.2. The Kier molecular flexibility index (Phi) is 4.99. The second-order valence-corrected chi connectivity index (χ2v) is 5.92. The number of anilines is 3. The van der Waals surface area contributed by atoms with Gasteiger partial charge in [0.2, 0.25) is 0 Å². The van der Waals surface area contributed by atoms with E-state index in [4.69, 9.17) is 0 Å². The molecule has 6 heteroatoms. The highest BCUT2D eigenvalue weighted by atomic mass is 15.2. The maximum Gasteiger partial charge on any atom is 0.104 e. The molecule has 2 aromatic heterocycles. The monoisotopic (exact) mass is 334 g/mol. The molecule has 0 amide bonds. The van der Waals surface area contributed by atoms with Crippen molar-refractivity contribution in [2.24, 2.45) is 0 Å². The van der Waals surface area contributed by atoms with Crippen LogP contribution in [0, 0.1) is 0 Å². The van der Waals surface area contributed by atoms with E-state index < -0.39 is 0 Å². The Morgan fingerprint density at radius 3 is 2.64 bits per heavy atom. The Bertz CT molecular complexity index is 821. The van der Waals surface area contributed by atoms with Crippen molar-refractivity contribution in [2.75, 3.05) is 29.6 Å². The first-order chi connectivity index (χ1) is 12.1. The van der Waals surface area contributed by atoms with Crippen LogP contribution in [0.3, 0.4) is 0 Å². The van der Waals surface area contributed by atoms with Crippen LogP contribution in [0.2, 0.25) is 0 Å². The first-order valence-electron chi connectivity index (χ1n) is 8.03. The molecule has 3 rings (SSSR count). The lowest BCUT2D eigenvalue weighted by Gasteiger charge is -2.13. The second-order valence-electron chi connectivity index (χ2n) is 5.92. The van der Waals surface area contributed by atoms with Crippen LogP contribution in [-0.2, 0) is 6.54 Å². The molecule has 0 fully saturated rings. The van der Waals surface area contributed by atoms with Crippen molar-refractivity contribution in [1.29, 1.82) is 0 Å². The predicted octanol–water partition coefficient (Wildman–Crippen LogP) is 3.57. The molecule has 0 aliphatic heterocycles. The summed E-state index contributed by atoms with van der Waals surface area (Å²) in [7, 11) is 4.07. The van der Waals surface area contributed by atoms with Crippen molar-refractivity contribution in [3.8, 4) is 0 Å². The summed E-state index contributed by atoms with van der Waals surface area (Å²) >= 11 is 0. The molecule has 128 valence electrons. The van der Waals surface area contributed by atoms with Crippen molar-refractivity contribution in [3.05, 3.63) is 72.8 Å². The lowest BCUT2D eigenvalue weighted by molar-refractivity contribution is 1.07. The van der Waals surface area contributed by atoms with E-state index in [1.54, 1.807) is 18.6 Å². The summed E-state index contributed by atoms with van der Waals surface area (Å²) in [5.74, 6) is 0. The molecule has 3 aromatic rings. The highest BCUT2D eigenvalue weighted by molar-refractivity contribution is 5.79. The third-order valence-electron chi connectivity index (χ3n) is 3.83. The number of rotatable bonds is 7. The van der Waals surface area contributed by atoms with E-state index in [0.29, 0.717) is 6.54 Å². The molecule has 1 aromatic carbocycles. The number of nitrogens with one attached hydrogen (secondary N) is 3. The SMILES string of the molecule is C=C(Nc1cccnc1)c1[nH]ncc1NCc1ccc(N(C)C)cc1. The van der Waals surface area contributed by atoms with E-state index in [0.717, 1.165) is 22.8 Å². The van der Waals surface area contributed by atoms with Crippen LogP contribution in [0.5, 0.6) is 0 Å². The first kappa shape index (κ1) is 16.6. The quantitative estimate of drug-likeness (QED) is 0.616. The van der Waals surface area contributed by atoms with E-state index in [1.165, 1.54) is 11.3 Å². The van der Waals surface area contributed by atoms with Gasteiger partial charge in [0.1, 0.15) is 5.69 Å². The Balaban J connectivity index is 1.64. The van der Waals surface area contributed by atoms with Crippen LogP contribution in [0.25, 0.3) is 5.70 Å². The van der Waals surface area contributed by atoms with Crippen molar-refractivity contribution in [1.82, 2.24) is 15.2 Å². The summed E-state index contributed by atoms with van der Waals surface area (Å²) in [4.78, 5) is 6.17. The Hall–Kier alpha value is -3.28. The van der Waals surface area contributed by atoms with Crippen molar-refractivity contribution >= 4 is 22.8 Å². The fraction of sp³-hybridized carbons (Fsp3) is 0.158. The molecule has 0 saturated carbocycles. The molecule has 0 saturated heterocycles. The van der Waals surface area contributed by atoms with E-state index in [2.05, 4.69) is 61.6 Å². The summed E-state index contributed by atoms with van der Waals surface area (Å²) in [6.07, 6.45) is 5.25. The number of nitrogens with zero attached hydrogens (tertiary/aromatic N) is 3. The van der Waals surface area contributed by atoms with E-state index in [-0.39, 0.29) is 0 Å². The van der Waals surface area contributed by atoms with Gasteiger partial charge in [-0.2, -0.15) is 5.10 Å². The average molecular weight is 334 g/mol. The summed E-state index contributed by atoms with van der Waals surface area (Å²) in [6.45, 7) is 4.79. The van der Waals surface area contributed by atoms with Gasteiger partial charge in [0.05, 0.1) is 29.5 Å². The maximum absolute atomic E-state index is 4.12. The molecule has 25 heavy (non-hydrogen) atoms. The molecule has 6 nitrogen and oxygen atoms in total. The zero-order valence-corrected chi connectivity index (χ0v) is 14.5. The highest BCUT2D eigenvalue weighted by Crippen LogP contribution is 2.22. The lowest BCUT2D eigenvalue weighted by Crippen LogP contribution is -2.08. The van der Waals surface area contributed by atoms with Gasteiger partial charge in [0.25, 0.3) is 0 Å². The molecule has 0 spiro atoms. The maximum atomic E-state index is 4.12. The van der Waals surface area contributed by atoms with E-state index in [1.807, 2.05) is 26.2 Å². The third kappa shape index (κ3) is 4.17. The largest absolute Gasteiger partial charge is 0.378 e. The van der Waals surface area contributed by atoms with Gasteiger partial charge in [-0.15, -0.1) is 0 Å². The van der Waals surface area contributed by atoms with E-state index in [9.17, 15) is 0 Å². The molecule has 0 radical (unpaired) electrons. The third-order valence-corrected chi connectivity index (χ3v) is 3.83. The number of H-pyrrole nitrogens is 1. The van der Waals surface area contributed by atoms with Crippen molar-refractivity contribution in [3.63, 3.8) is 0 Å². The molecular formula is C19H22N6. The van der Waals surface area contributed by atoms with Crippen LogP contribution in [0.4, 0.5) is 17.1 Å². The Morgan fingerprint density at radius 1 is 1.16 bits per heavy atom. The van der Waals surface area contributed by atoms with Gasteiger partial charge < -0.3 is 15.5 Å². The molecule has 2 heterocycles. The minimum absolute atomic E-state index is 0.709. The van der Waals surface area contributed by atoms with Gasteiger partial charge in [0, 0.05) is 32.5 Å². The molecule has 3 N–H and O–H groups in total. The topological polar surface area (TPSA) is 68.9 Å². The second kappa shape index (κ2) is 7.53. The number of benzene rings is 1. The minimum atomic E-state index is 0.709. The predicted molar refractivity (Wildman–Crippen MR) is 104 cm³/mol. The Labute approximate surface area is 147 Å². The molecule has 0 bridgehead atoms. The first-order valence-corrected chi connectivity index (χ1v) is 8.03.